The molecule has 18 heavy (non-hydrogen) atoms. The Bertz CT molecular complexity index is 544. The summed E-state index contributed by atoms with van der Waals surface area (Å²) >= 11 is 5.40. The fourth-order valence-electron chi connectivity index (χ4n) is 1.67. The zero-order valence-electron chi connectivity index (χ0n) is 10.3. The van der Waals surface area contributed by atoms with E-state index in [-0.39, 0.29) is 0 Å². The summed E-state index contributed by atoms with van der Waals surface area (Å²) in [6.45, 7) is 2.02. The van der Waals surface area contributed by atoms with E-state index in [0.29, 0.717) is 0 Å². The molecule has 2 aromatic rings. The van der Waals surface area contributed by atoms with Gasteiger partial charge < -0.3 is 5.32 Å². The van der Waals surface area contributed by atoms with E-state index in [1.807, 2.05) is 73.7 Å². The third-order valence-corrected chi connectivity index (χ3v) is 2.87. The highest BCUT2D eigenvalue weighted by Gasteiger charge is 1.98. The van der Waals surface area contributed by atoms with Gasteiger partial charge in [-0.05, 0) is 30.7 Å². The predicted molar refractivity (Wildman–Crippen MR) is 82.0 cm³/mol. The lowest BCUT2D eigenvalue weighted by atomic mass is 10.1. The molecule has 1 N–H and O–H groups in total. The van der Waals surface area contributed by atoms with Crippen molar-refractivity contribution in [1.82, 2.24) is 0 Å². The van der Waals surface area contributed by atoms with E-state index in [1.54, 1.807) is 0 Å². The lowest BCUT2D eigenvalue weighted by molar-refractivity contribution is 1.38. The van der Waals surface area contributed by atoms with Crippen molar-refractivity contribution in [2.24, 2.45) is 0 Å². The Morgan fingerprint density at radius 1 is 0.944 bits per heavy atom. The van der Waals surface area contributed by atoms with E-state index in [2.05, 4.69) is 5.32 Å². The summed E-state index contributed by atoms with van der Waals surface area (Å²) in [5.74, 6) is 0. The van der Waals surface area contributed by atoms with Gasteiger partial charge in [0.05, 0.1) is 0 Å². The number of benzene rings is 2. The molecule has 2 rings (SSSR count). The number of hydrogen-bond donors (Lipinski definition) is 1. The molecule has 0 fully saturated rings. The van der Waals surface area contributed by atoms with Gasteiger partial charge in [0.15, 0.2) is 0 Å². The van der Waals surface area contributed by atoms with Gasteiger partial charge in [-0.15, -0.1) is 0 Å². The van der Waals surface area contributed by atoms with Gasteiger partial charge in [-0.1, -0.05) is 60.7 Å². The Hall–Kier alpha value is -1.93. The maximum atomic E-state index is 5.40. The van der Waals surface area contributed by atoms with E-state index in [0.717, 1.165) is 21.8 Å². The van der Waals surface area contributed by atoms with Crippen LogP contribution in [0.1, 0.15) is 12.5 Å². The maximum Gasteiger partial charge on any atom is 0.0466 e. The first-order valence-corrected chi connectivity index (χ1v) is 6.26. The van der Waals surface area contributed by atoms with Crippen molar-refractivity contribution in [2.75, 3.05) is 5.32 Å². The second-order valence-electron chi connectivity index (χ2n) is 4.05. The van der Waals surface area contributed by atoms with Gasteiger partial charge in [0.1, 0.15) is 0 Å². The summed E-state index contributed by atoms with van der Waals surface area (Å²) in [5, 5.41) is 3.32. The van der Waals surface area contributed by atoms with Gasteiger partial charge in [0.25, 0.3) is 0 Å². The summed E-state index contributed by atoms with van der Waals surface area (Å²) in [4.78, 5) is 0.844. The van der Waals surface area contributed by atoms with Crippen LogP contribution in [0.2, 0.25) is 0 Å². The highest BCUT2D eigenvalue weighted by molar-refractivity contribution is 7.81. The summed E-state index contributed by atoms with van der Waals surface area (Å²) in [6, 6.07) is 20.1. The Kier molecular flexibility index (Phi) is 4.26. The van der Waals surface area contributed by atoms with Crippen molar-refractivity contribution in [3.8, 4) is 0 Å². The van der Waals surface area contributed by atoms with Crippen LogP contribution in [-0.2, 0) is 0 Å². The Morgan fingerprint density at radius 2 is 1.50 bits per heavy atom. The summed E-state index contributed by atoms with van der Waals surface area (Å²) < 4.78 is 0. The molecular weight excluding hydrogens is 238 g/mol. The van der Waals surface area contributed by atoms with Crippen molar-refractivity contribution in [3.63, 3.8) is 0 Å². The van der Waals surface area contributed by atoms with Gasteiger partial charge in [-0.25, -0.2) is 0 Å². The van der Waals surface area contributed by atoms with Crippen LogP contribution < -0.4 is 5.32 Å². The van der Waals surface area contributed by atoms with Gasteiger partial charge >= 0.3 is 0 Å². The molecule has 0 aliphatic rings. The normalized spacial score (nSPS) is 11.1. The number of para-hydroxylation sites is 1. The molecule has 0 saturated carbocycles. The number of allylic oxidation sites excluding steroid dienone is 2. The van der Waals surface area contributed by atoms with Crippen LogP contribution in [0.3, 0.4) is 0 Å². The first kappa shape index (κ1) is 12.5. The number of thiocarbonyl (C=S) groups is 1. The van der Waals surface area contributed by atoms with Crippen LogP contribution >= 0.6 is 12.2 Å². The molecule has 0 spiro atoms. The molecule has 0 bridgehead atoms. The van der Waals surface area contributed by atoms with Crippen LogP contribution in [-0.4, -0.2) is 4.86 Å². The molecule has 0 saturated heterocycles. The molecule has 0 radical (unpaired) electrons. The van der Waals surface area contributed by atoms with Crippen molar-refractivity contribution in [2.45, 2.75) is 6.92 Å². The van der Waals surface area contributed by atoms with Gasteiger partial charge in [-0.2, -0.15) is 0 Å². The van der Waals surface area contributed by atoms with E-state index < -0.39 is 0 Å². The minimum Gasteiger partial charge on any atom is -0.359 e. The fourth-order valence-corrected chi connectivity index (χ4v) is 1.98. The highest BCUT2D eigenvalue weighted by atomic mass is 32.1. The van der Waals surface area contributed by atoms with E-state index in [1.165, 1.54) is 0 Å². The minimum atomic E-state index is 0.844. The third kappa shape index (κ3) is 3.54. The van der Waals surface area contributed by atoms with Crippen LogP contribution in [0.4, 0.5) is 5.69 Å². The molecule has 0 heterocycles. The largest absolute Gasteiger partial charge is 0.359 e. The van der Waals surface area contributed by atoms with E-state index in [9.17, 15) is 0 Å². The van der Waals surface area contributed by atoms with Crippen LogP contribution in [0.25, 0.3) is 0 Å². The smallest absolute Gasteiger partial charge is 0.0466 e. The summed E-state index contributed by atoms with van der Waals surface area (Å²) in [7, 11) is 0. The van der Waals surface area contributed by atoms with Gasteiger partial charge in [0.2, 0.25) is 0 Å². The topological polar surface area (TPSA) is 12.0 Å². The van der Waals surface area contributed by atoms with Crippen molar-refractivity contribution >= 4 is 22.8 Å². The monoisotopic (exact) mass is 253 g/mol. The van der Waals surface area contributed by atoms with E-state index >= 15 is 0 Å². The van der Waals surface area contributed by atoms with Gasteiger partial charge in [0, 0.05) is 16.2 Å². The highest BCUT2D eigenvalue weighted by Crippen LogP contribution is 2.10. The average Bonchev–Trinajstić information content (AvgIpc) is 2.40. The molecule has 90 valence electrons. The summed E-state index contributed by atoms with van der Waals surface area (Å²) in [5.41, 5.74) is 3.18. The molecule has 0 aliphatic heterocycles. The average molecular weight is 253 g/mol. The molecule has 0 atom stereocenters. The van der Waals surface area contributed by atoms with Crippen LogP contribution in [0, 0.1) is 0 Å². The SMILES string of the molecule is CC(=CC(=S)c1ccccc1)Nc1ccccc1. The zero-order valence-corrected chi connectivity index (χ0v) is 11.1. The molecule has 0 amide bonds. The minimum absolute atomic E-state index is 0.844. The first-order chi connectivity index (χ1) is 8.75. The molecule has 1 nitrogen and oxygen atoms in total. The Balaban J connectivity index is 2.07. The third-order valence-electron chi connectivity index (χ3n) is 2.52. The van der Waals surface area contributed by atoms with Crippen molar-refractivity contribution in [1.29, 1.82) is 0 Å². The number of rotatable bonds is 4. The summed E-state index contributed by atoms with van der Waals surface area (Å²) in [6.07, 6.45) is 1.98. The second-order valence-corrected chi connectivity index (χ2v) is 4.49. The first-order valence-electron chi connectivity index (χ1n) is 5.85. The molecule has 0 aliphatic carbocycles. The molecule has 2 heteroatoms. The fraction of sp³-hybridized carbons (Fsp3) is 0.0625. The lowest BCUT2D eigenvalue weighted by Gasteiger charge is -2.06. The quantitative estimate of drug-likeness (QED) is 0.492. The standard InChI is InChI=1S/C16H15NS/c1-13(17-15-10-6-3-7-11-15)12-16(18)14-8-4-2-5-9-14/h2-12,17H,1H3. The number of nitrogens with one attached hydrogen (secondary N) is 1. The maximum absolute atomic E-state index is 5.40. The zero-order chi connectivity index (χ0) is 12.8. The van der Waals surface area contributed by atoms with Crippen molar-refractivity contribution < 1.29 is 0 Å². The second kappa shape index (κ2) is 6.12. The molecule has 0 unspecified atom stereocenters. The molecular formula is C16H15NS. The number of hydrogen-bond acceptors (Lipinski definition) is 2. The van der Waals surface area contributed by atoms with Crippen molar-refractivity contribution in [3.05, 3.63) is 78.0 Å². The Morgan fingerprint density at radius 3 is 2.11 bits per heavy atom. The predicted octanol–water partition coefficient (Wildman–Crippen LogP) is 4.42. The lowest BCUT2D eigenvalue weighted by Crippen LogP contribution is -2.00. The van der Waals surface area contributed by atoms with Crippen LogP contribution in [0.5, 0.6) is 0 Å². The van der Waals surface area contributed by atoms with Gasteiger partial charge in [-0.3, -0.25) is 0 Å². The van der Waals surface area contributed by atoms with E-state index in [4.69, 9.17) is 12.2 Å². The molecule has 2 aromatic carbocycles. The molecule has 0 aromatic heterocycles. The van der Waals surface area contributed by atoms with Crippen LogP contribution in [0.15, 0.2) is 72.4 Å². The number of anilines is 1. The Labute approximate surface area is 113 Å².